The number of nitrogens with zero attached hydrogens (tertiary/aromatic N) is 1. The molecule has 18 heavy (non-hydrogen) atoms. The third-order valence-electron chi connectivity index (χ3n) is 2.65. The fourth-order valence-electron chi connectivity index (χ4n) is 1.61. The van der Waals surface area contributed by atoms with Gasteiger partial charge in [-0.2, -0.15) is 0 Å². The van der Waals surface area contributed by atoms with Crippen molar-refractivity contribution in [1.29, 1.82) is 0 Å². The molecular formula is C13H12BrNO3. The average molecular weight is 310 g/mol. The molecule has 0 radical (unpaired) electrons. The number of halogens is 1. The lowest BCUT2D eigenvalue weighted by Gasteiger charge is -2.09. The molecule has 0 fully saturated rings. The SMILES string of the molecule is CC(C(=O)O)c1cc(-c2ccco2)cc(CBr)n1. The fraction of sp³-hybridized carbons (Fsp3) is 0.231. The Balaban J connectivity index is 2.49. The number of carboxylic acids is 1. The summed E-state index contributed by atoms with van der Waals surface area (Å²) in [6.45, 7) is 1.62. The number of pyridine rings is 1. The first kappa shape index (κ1) is 12.8. The summed E-state index contributed by atoms with van der Waals surface area (Å²) in [4.78, 5) is 15.3. The van der Waals surface area contributed by atoms with Gasteiger partial charge >= 0.3 is 5.97 Å². The highest BCUT2D eigenvalue weighted by molar-refractivity contribution is 9.08. The Hall–Kier alpha value is -1.62. The Morgan fingerprint density at radius 3 is 2.89 bits per heavy atom. The van der Waals surface area contributed by atoms with Gasteiger partial charge in [0.15, 0.2) is 0 Å². The Kier molecular flexibility index (Phi) is 3.81. The molecule has 2 aromatic heterocycles. The summed E-state index contributed by atoms with van der Waals surface area (Å²) in [5, 5.41) is 9.62. The van der Waals surface area contributed by atoms with E-state index in [2.05, 4.69) is 20.9 Å². The summed E-state index contributed by atoms with van der Waals surface area (Å²) in [5.74, 6) is -0.823. The van der Waals surface area contributed by atoms with E-state index in [9.17, 15) is 4.79 Å². The Morgan fingerprint density at radius 1 is 1.56 bits per heavy atom. The molecule has 1 unspecified atom stereocenters. The van der Waals surface area contributed by atoms with Crippen LogP contribution in [0.5, 0.6) is 0 Å². The maximum Gasteiger partial charge on any atom is 0.312 e. The fourth-order valence-corrected chi connectivity index (χ4v) is 1.90. The topological polar surface area (TPSA) is 63.3 Å². The van der Waals surface area contributed by atoms with Crippen molar-refractivity contribution in [2.24, 2.45) is 0 Å². The molecule has 94 valence electrons. The standard InChI is InChI=1S/C13H12BrNO3/c1-8(13(16)17)11-6-9(5-10(7-14)15-11)12-3-2-4-18-12/h2-6,8H,7H2,1H3,(H,16,17). The lowest BCUT2D eigenvalue weighted by molar-refractivity contribution is -0.138. The summed E-state index contributed by atoms with van der Waals surface area (Å²) in [7, 11) is 0. The molecular weight excluding hydrogens is 298 g/mol. The molecule has 0 spiro atoms. The first-order valence-corrected chi connectivity index (χ1v) is 6.57. The van der Waals surface area contributed by atoms with E-state index in [1.807, 2.05) is 12.1 Å². The Morgan fingerprint density at radius 2 is 2.33 bits per heavy atom. The van der Waals surface area contributed by atoms with Crippen LogP contribution in [0.15, 0.2) is 34.9 Å². The number of alkyl halides is 1. The van der Waals surface area contributed by atoms with Crippen LogP contribution in [0.25, 0.3) is 11.3 Å². The maximum atomic E-state index is 11.0. The predicted octanol–water partition coefficient (Wildman–Crippen LogP) is 3.42. The number of furan rings is 1. The van der Waals surface area contributed by atoms with Crippen LogP contribution in [0.2, 0.25) is 0 Å². The molecule has 2 rings (SSSR count). The Bertz CT molecular complexity index is 551. The van der Waals surface area contributed by atoms with Crippen LogP contribution >= 0.6 is 15.9 Å². The average Bonchev–Trinajstić information content (AvgIpc) is 2.91. The molecule has 0 amide bonds. The number of carboxylic acid groups (broad SMARTS) is 1. The molecule has 0 saturated heterocycles. The van der Waals surface area contributed by atoms with Crippen molar-refractivity contribution in [2.75, 3.05) is 0 Å². The van der Waals surface area contributed by atoms with E-state index in [-0.39, 0.29) is 0 Å². The molecule has 5 heteroatoms. The minimum Gasteiger partial charge on any atom is -0.481 e. The first-order valence-electron chi connectivity index (χ1n) is 5.45. The second-order valence-electron chi connectivity index (χ2n) is 3.94. The van der Waals surface area contributed by atoms with Crippen LogP contribution < -0.4 is 0 Å². The highest BCUT2D eigenvalue weighted by Gasteiger charge is 2.17. The number of carbonyl (C=O) groups is 1. The smallest absolute Gasteiger partial charge is 0.312 e. The van der Waals surface area contributed by atoms with Crippen molar-refractivity contribution < 1.29 is 14.3 Å². The van der Waals surface area contributed by atoms with E-state index in [0.29, 0.717) is 16.8 Å². The van der Waals surface area contributed by atoms with Gasteiger partial charge in [0.05, 0.1) is 23.6 Å². The normalized spacial score (nSPS) is 12.3. The third kappa shape index (κ3) is 2.61. The summed E-state index contributed by atoms with van der Waals surface area (Å²) >= 11 is 3.33. The molecule has 0 aliphatic carbocycles. The van der Waals surface area contributed by atoms with E-state index < -0.39 is 11.9 Å². The van der Waals surface area contributed by atoms with Gasteiger partial charge in [-0.15, -0.1) is 0 Å². The zero-order chi connectivity index (χ0) is 13.1. The molecule has 4 nitrogen and oxygen atoms in total. The van der Waals surface area contributed by atoms with Crippen molar-refractivity contribution in [1.82, 2.24) is 4.98 Å². The largest absolute Gasteiger partial charge is 0.481 e. The van der Waals surface area contributed by atoms with Gasteiger partial charge in [0.2, 0.25) is 0 Å². The lowest BCUT2D eigenvalue weighted by atomic mass is 10.0. The van der Waals surface area contributed by atoms with Gasteiger partial charge in [0, 0.05) is 10.9 Å². The number of aliphatic carboxylic acids is 1. The minimum absolute atomic E-state index is 0.533. The number of rotatable bonds is 4. The van der Waals surface area contributed by atoms with Gasteiger partial charge < -0.3 is 9.52 Å². The second kappa shape index (κ2) is 5.35. The van der Waals surface area contributed by atoms with E-state index in [1.54, 1.807) is 25.3 Å². The van der Waals surface area contributed by atoms with Gasteiger partial charge in [-0.25, -0.2) is 0 Å². The molecule has 0 saturated carbocycles. The van der Waals surface area contributed by atoms with Crippen LogP contribution in [0.3, 0.4) is 0 Å². The summed E-state index contributed by atoms with van der Waals surface area (Å²) in [5.41, 5.74) is 2.16. The van der Waals surface area contributed by atoms with E-state index in [0.717, 1.165) is 11.3 Å². The van der Waals surface area contributed by atoms with E-state index in [1.165, 1.54) is 0 Å². The van der Waals surface area contributed by atoms with Gasteiger partial charge in [-0.1, -0.05) is 15.9 Å². The monoisotopic (exact) mass is 309 g/mol. The van der Waals surface area contributed by atoms with Crippen molar-refractivity contribution in [2.45, 2.75) is 18.2 Å². The van der Waals surface area contributed by atoms with Gasteiger partial charge in [-0.05, 0) is 31.2 Å². The number of hydrogen-bond acceptors (Lipinski definition) is 3. The van der Waals surface area contributed by atoms with Gasteiger partial charge in [-0.3, -0.25) is 9.78 Å². The number of aromatic nitrogens is 1. The maximum absolute atomic E-state index is 11.0. The highest BCUT2D eigenvalue weighted by Crippen LogP contribution is 2.25. The molecule has 0 aromatic carbocycles. The third-order valence-corrected chi connectivity index (χ3v) is 3.23. The van der Waals surface area contributed by atoms with Crippen LogP contribution in [-0.2, 0) is 10.1 Å². The van der Waals surface area contributed by atoms with Gasteiger partial charge in [0.1, 0.15) is 5.76 Å². The quantitative estimate of drug-likeness (QED) is 0.879. The zero-order valence-electron chi connectivity index (χ0n) is 9.76. The lowest BCUT2D eigenvalue weighted by Crippen LogP contribution is -2.10. The van der Waals surface area contributed by atoms with Crippen LogP contribution in [0.1, 0.15) is 24.2 Å². The molecule has 0 bridgehead atoms. The summed E-state index contributed by atoms with van der Waals surface area (Å²) < 4.78 is 5.32. The van der Waals surface area contributed by atoms with E-state index in [4.69, 9.17) is 9.52 Å². The van der Waals surface area contributed by atoms with Crippen LogP contribution in [-0.4, -0.2) is 16.1 Å². The molecule has 1 N–H and O–H groups in total. The van der Waals surface area contributed by atoms with Crippen molar-refractivity contribution in [3.05, 3.63) is 41.9 Å². The van der Waals surface area contributed by atoms with Crippen LogP contribution in [0.4, 0.5) is 0 Å². The van der Waals surface area contributed by atoms with E-state index >= 15 is 0 Å². The zero-order valence-corrected chi connectivity index (χ0v) is 11.3. The molecule has 0 aliphatic rings. The second-order valence-corrected chi connectivity index (χ2v) is 4.50. The molecule has 2 heterocycles. The summed E-state index contributed by atoms with van der Waals surface area (Å²) in [6.07, 6.45) is 1.59. The minimum atomic E-state index is -0.889. The van der Waals surface area contributed by atoms with Crippen molar-refractivity contribution in [3.63, 3.8) is 0 Å². The molecule has 1 atom stereocenters. The van der Waals surface area contributed by atoms with Crippen molar-refractivity contribution in [3.8, 4) is 11.3 Å². The predicted molar refractivity (Wildman–Crippen MR) is 70.6 cm³/mol. The number of hydrogen-bond donors (Lipinski definition) is 1. The van der Waals surface area contributed by atoms with Crippen LogP contribution in [0, 0.1) is 0 Å². The molecule has 2 aromatic rings. The van der Waals surface area contributed by atoms with Gasteiger partial charge in [0.25, 0.3) is 0 Å². The first-order chi connectivity index (χ1) is 8.61. The Labute approximate surface area is 113 Å². The van der Waals surface area contributed by atoms with Crippen molar-refractivity contribution >= 4 is 21.9 Å². The summed E-state index contributed by atoms with van der Waals surface area (Å²) in [6, 6.07) is 7.27. The highest BCUT2D eigenvalue weighted by atomic mass is 79.9. The molecule has 0 aliphatic heterocycles.